The molecule has 0 aromatic carbocycles. The summed E-state index contributed by atoms with van der Waals surface area (Å²) in [7, 11) is 3.42. The van der Waals surface area contributed by atoms with Crippen molar-refractivity contribution in [2.24, 2.45) is 10.9 Å². The van der Waals surface area contributed by atoms with Gasteiger partial charge < -0.3 is 75.0 Å². The zero-order valence-corrected chi connectivity index (χ0v) is 24.2. The predicted molar refractivity (Wildman–Crippen MR) is 141 cm³/mol. The molecule has 9 N–H and O–H groups in total. The number of hydrogen-bond donors (Lipinski definition) is 9. The number of fused-ring (bicyclic) bond motifs is 1. The number of rotatable bonds is 9. The van der Waals surface area contributed by atoms with Crippen LogP contribution < -0.4 is 10.6 Å². The van der Waals surface area contributed by atoms with Gasteiger partial charge in [0.15, 0.2) is 12.6 Å². The average Bonchev–Trinajstić information content (AvgIpc) is 3.49. The first-order valence-electron chi connectivity index (χ1n) is 14.0. The lowest BCUT2D eigenvalue weighted by molar-refractivity contribution is -0.339. The number of nitrogens with one attached hydrogen (secondary N) is 2. The van der Waals surface area contributed by atoms with Crippen molar-refractivity contribution in [3.63, 3.8) is 0 Å². The smallest absolute Gasteiger partial charge is 0.287 e. The molecule has 15 atom stereocenters. The monoisotopic (exact) mass is 622 g/mol. The number of ether oxygens (including phenoxy) is 5. The Labute approximate surface area is 247 Å². The molecule has 4 aliphatic rings. The SMILES string of the molecule is CC(=O)N[C@H]1[C@H](O[C@H]2[C@@H](O)[C@@H](NC(C)=O)[C@H](O[C@@H]3[C@@H](O)[C@@H]4N=C(N(C)C)O[C@@H]4[C@H]3CO)O[C@@H]2CO)O[C@H](CO)[C@@H](O)[C@H]1O. The molecule has 2 amide bonds. The number of aliphatic hydroxyl groups is 7. The highest BCUT2D eigenvalue weighted by molar-refractivity contribution is 5.76. The van der Waals surface area contributed by atoms with E-state index in [0.717, 1.165) is 6.92 Å². The molecule has 1 aliphatic carbocycles. The van der Waals surface area contributed by atoms with Crippen LogP contribution >= 0.6 is 0 Å². The van der Waals surface area contributed by atoms with E-state index in [1.54, 1.807) is 19.0 Å². The molecule has 246 valence electrons. The van der Waals surface area contributed by atoms with Crippen molar-refractivity contribution in [3.8, 4) is 0 Å². The molecule has 0 aromatic rings. The topological polar surface area (TPSA) is 262 Å². The van der Waals surface area contributed by atoms with Crippen molar-refractivity contribution in [1.29, 1.82) is 0 Å². The second-order valence-corrected chi connectivity index (χ2v) is 11.3. The molecule has 4 rings (SSSR count). The normalized spacial score (nSPS) is 44.3. The van der Waals surface area contributed by atoms with Gasteiger partial charge in [-0.25, -0.2) is 4.99 Å². The number of hydrogen-bond acceptors (Lipinski definition) is 16. The van der Waals surface area contributed by atoms with E-state index in [0.29, 0.717) is 0 Å². The molecule has 0 aromatic heterocycles. The molecule has 2 saturated heterocycles. The van der Waals surface area contributed by atoms with Crippen LogP contribution in [0.2, 0.25) is 0 Å². The Balaban J connectivity index is 1.57. The maximum atomic E-state index is 12.2. The number of aliphatic imine (C=N–C) groups is 1. The first-order valence-corrected chi connectivity index (χ1v) is 14.0. The van der Waals surface area contributed by atoms with Gasteiger partial charge in [-0.3, -0.25) is 9.59 Å². The van der Waals surface area contributed by atoms with Crippen molar-refractivity contribution in [3.05, 3.63) is 0 Å². The van der Waals surface area contributed by atoms with Gasteiger partial charge in [0.05, 0.1) is 31.8 Å². The Morgan fingerprint density at radius 1 is 0.791 bits per heavy atom. The fourth-order valence-corrected chi connectivity index (χ4v) is 5.91. The van der Waals surface area contributed by atoms with Crippen LogP contribution in [0.25, 0.3) is 0 Å². The van der Waals surface area contributed by atoms with Gasteiger partial charge in [-0.15, -0.1) is 0 Å². The molecule has 3 heterocycles. The minimum Gasteiger partial charge on any atom is -0.459 e. The van der Waals surface area contributed by atoms with Crippen molar-refractivity contribution in [2.45, 2.75) is 99.5 Å². The van der Waals surface area contributed by atoms with Gasteiger partial charge >= 0.3 is 0 Å². The van der Waals surface area contributed by atoms with Crippen LogP contribution in [-0.4, -0.2) is 178 Å². The summed E-state index contributed by atoms with van der Waals surface area (Å²) in [6, 6.07) is -3.21. The van der Waals surface area contributed by atoms with Gasteiger partial charge in [0.1, 0.15) is 67.0 Å². The van der Waals surface area contributed by atoms with Crippen molar-refractivity contribution < 1.29 is 69.0 Å². The Morgan fingerprint density at radius 3 is 1.84 bits per heavy atom. The molecule has 0 radical (unpaired) electrons. The summed E-state index contributed by atoms with van der Waals surface area (Å²) in [5, 5.41) is 78.3. The fourth-order valence-electron chi connectivity index (χ4n) is 5.91. The summed E-state index contributed by atoms with van der Waals surface area (Å²) < 4.78 is 29.3. The lowest BCUT2D eigenvalue weighted by Crippen LogP contribution is -2.69. The molecule has 0 bridgehead atoms. The molecular formula is C25H42N4O14. The fraction of sp³-hybridized carbons (Fsp3) is 0.880. The summed E-state index contributed by atoms with van der Waals surface area (Å²) in [6.07, 6.45) is -15.2. The number of nitrogens with zero attached hydrogens (tertiary/aromatic N) is 2. The van der Waals surface area contributed by atoms with E-state index in [-0.39, 0.29) is 6.02 Å². The third-order valence-corrected chi connectivity index (χ3v) is 8.02. The Kier molecular flexibility index (Phi) is 10.8. The average molecular weight is 623 g/mol. The predicted octanol–water partition coefficient (Wildman–Crippen LogP) is -6.05. The molecule has 18 heteroatoms. The highest BCUT2D eigenvalue weighted by atomic mass is 16.7. The van der Waals surface area contributed by atoms with Crippen LogP contribution in [0, 0.1) is 5.92 Å². The Hall–Kier alpha value is -2.23. The molecule has 3 aliphatic heterocycles. The second kappa shape index (κ2) is 13.8. The lowest BCUT2D eigenvalue weighted by atomic mass is 9.94. The van der Waals surface area contributed by atoms with Gasteiger partial charge in [-0.2, -0.15) is 0 Å². The van der Waals surface area contributed by atoms with Gasteiger partial charge in [-0.1, -0.05) is 0 Å². The van der Waals surface area contributed by atoms with Crippen LogP contribution in [0.4, 0.5) is 0 Å². The van der Waals surface area contributed by atoms with E-state index >= 15 is 0 Å². The number of aliphatic hydroxyl groups excluding tert-OH is 7. The third kappa shape index (κ3) is 6.74. The van der Waals surface area contributed by atoms with Gasteiger partial charge in [0, 0.05) is 27.9 Å². The van der Waals surface area contributed by atoms with E-state index in [9.17, 15) is 45.3 Å². The molecule has 43 heavy (non-hydrogen) atoms. The standard InChI is InChI=1S/C25H42N4O14/c1-8(33)26-14-17(36)16(35)11(6-31)39-23(14)42-22-12(7-32)40-24(15(19(22)38)27-9(2)34)41-21-10(5-30)20-13(18(21)37)28-25(43-20)29(3)4/h10-24,30-32,35-38H,5-7H2,1-4H3,(H,26,33)(H,27,34)/t10-,11-,12-,13+,14-,15-,16-,17+,18+,19+,20-,21+,22-,23+,24+/m1/s1. The lowest BCUT2D eigenvalue weighted by Gasteiger charge is -2.48. The highest BCUT2D eigenvalue weighted by Gasteiger charge is 2.58. The summed E-state index contributed by atoms with van der Waals surface area (Å²) in [4.78, 5) is 30.0. The molecule has 0 unspecified atom stereocenters. The minimum absolute atomic E-state index is 0.273. The van der Waals surface area contributed by atoms with Crippen molar-refractivity contribution >= 4 is 17.8 Å². The van der Waals surface area contributed by atoms with Crippen LogP contribution in [0.5, 0.6) is 0 Å². The van der Waals surface area contributed by atoms with Gasteiger partial charge in [-0.05, 0) is 0 Å². The van der Waals surface area contributed by atoms with Gasteiger partial charge in [0.25, 0.3) is 6.02 Å². The summed E-state index contributed by atoms with van der Waals surface area (Å²) in [6.45, 7) is 0.403. The maximum Gasteiger partial charge on any atom is 0.287 e. The first kappa shape index (κ1) is 33.7. The Morgan fingerprint density at radius 2 is 1.33 bits per heavy atom. The van der Waals surface area contributed by atoms with Crippen LogP contribution in [0.15, 0.2) is 4.99 Å². The summed E-state index contributed by atoms with van der Waals surface area (Å²) in [5.74, 6) is -1.99. The minimum atomic E-state index is -1.67. The third-order valence-electron chi connectivity index (χ3n) is 8.02. The van der Waals surface area contributed by atoms with Crippen LogP contribution in [-0.2, 0) is 33.3 Å². The molecule has 3 fully saturated rings. The van der Waals surface area contributed by atoms with E-state index in [2.05, 4.69) is 15.6 Å². The van der Waals surface area contributed by atoms with E-state index in [4.69, 9.17) is 23.7 Å². The molecule has 1 saturated carbocycles. The second-order valence-electron chi connectivity index (χ2n) is 11.3. The summed E-state index contributed by atoms with van der Waals surface area (Å²) >= 11 is 0. The molecule has 18 nitrogen and oxygen atoms in total. The number of carbonyl (C=O) groups excluding carboxylic acids is 2. The number of amidine groups is 1. The first-order chi connectivity index (χ1) is 20.3. The quantitative estimate of drug-likeness (QED) is 0.116. The largest absolute Gasteiger partial charge is 0.459 e. The van der Waals surface area contributed by atoms with Crippen molar-refractivity contribution in [2.75, 3.05) is 33.9 Å². The zero-order chi connectivity index (χ0) is 31.7. The zero-order valence-electron chi connectivity index (χ0n) is 24.2. The Bertz CT molecular complexity index is 1020. The molecule has 0 spiro atoms. The summed E-state index contributed by atoms with van der Waals surface area (Å²) in [5.41, 5.74) is 0. The highest BCUT2D eigenvalue weighted by Crippen LogP contribution is 2.39. The molecular weight excluding hydrogens is 580 g/mol. The van der Waals surface area contributed by atoms with E-state index < -0.39 is 123 Å². The number of amides is 2. The van der Waals surface area contributed by atoms with Crippen LogP contribution in [0.1, 0.15) is 13.8 Å². The van der Waals surface area contributed by atoms with Gasteiger partial charge in [0.2, 0.25) is 11.8 Å². The van der Waals surface area contributed by atoms with Crippen molar-refractivity contribution in [1.82, 2.24) is 15.5 Å². The maximum absolute atomic E-state index is 12.2. The van der Waals surface area contributed by atoms with Crippen LogP contribution in [0.3, 0.4) is 0 Å². The van der Waals surface area contributed by atoms with E-state index in [1.807, 2.05) is 0 Å². The van der Waals surface area contributed by atoms with E-state index in [1.165, 1.54) is 6.92 Å². The number of carbonyl (C=O) groups is 2.